The van der Waals surface area contributed by atoms with Crippen molar-refractivity contribution in [1.82, 2.24) is 15.4 Å². The number of nitrogens with zero attached hydrogens (tertiary/aromatic N) is 2. The number of nitrogens with one attached hydrogen (secondary N) is 2. The van der Waals surface area contributed by atoms with Gasteiger partial charge in [0.05, 0.1) is 11.8 Å². The Hall–Kier alpha value is -2.80. The van der Waals surface area contributed by atoms with Gasteiger partial charge in [0.25, 0.3) is 5.56 Å². The lowest BCUT2D eigenvalue weighted by molar-refractivity contribution is -0.120. The molecule has 26 heavy (non-hydrogen) atoms. The number of hydrogen-bond donors (Lipinski definition) is 2. The predicted octanol–water partition coefficient (Wildman–Crippen LogP) is 3.05. The van der Waals surface area contributed by atoms with Gasteiger partial charge in [-0.1, -0.05) is 37.3 Å². The number of amides is 1. The molecule has 6 nitrogen and oxygen atoms in total. The van der Waals surface area contributed by atoms with Gasteiger partial charge in [-0.2, -0.15) is 5.10 Å². The Balaban J connectivity index is 1.66. The normalized spacial score (nSPS) is 12.6. The number of aromatic amines is 1. The molecule has 0 saturated heterocycles. The molecule has 0 aliphatic carbocycles. The van der Waals surface area contributed by atoms with Crippen LogP contribution in [-0.4, -0.2) is 22.1 Å². The number of carbonyl (C=O) groups is 1. The molecule has 7 heteroatoms. The van der Waals surface area contributed by atoms with Crippen LogP contribution in [0.5, 0.6) is 0 Å². The fraction of sp³-hybridized carbons (Fsp3) is 0.263. The molecule has 1 aromatic carbocycles. The van der Waals surface area contributed by atoms with Crippen molar-refractivity contribution in [2.45, 2.75) is 33.1 Å². The van der Waals surface area contributed by atoms with Gasteiger partial charge in [-0.25, -0.2) is 10.4 Å². The smallest absolute Gasteiger partial charge is 0.259 e. The van der Waals surface area contributed by atoms with Crippen molar-refractivity contribution in [3.8, 4) is 0 Å². The number of thiophene rings is 1. The summed E-state index contributed by atoms with van der Waals surface area (Å²) in [4.78, 5) is 33.1. The molecule has 2 aromatic heterocycles. The van der Waals surface area contributed by atoms with Crippen molar-refractivity contribution in [3.05, 3.63) is 62.5 Å². The molecule has 0 fully saturated rings. The van der Waals surface area contributed by atoms with E-state index in [0.717, 1.165) is 16.0 Å². The Morgan fingerprint density at radius 3 is 2.81 bits per heavy atom. The summed E-state index contributed by atoms with van der Waals surface area (Å²) in [6, 6.07) is 9.89. The summed E-state index contributed by atoms with van der Waals surface area (Å²) in [6.45, 7) is 5.86. The Morgan fingerprint density at radius 2 is 2.08 bits per heavy atom. The number of aryl methyl sites for hydroxylation is 2. The van der Waals surface area contributed by atoms with Crippen LogP contribution in [0.15, 0.2) is 40.2 Å². The SMILES string of the molecule is Cc1sc2nc(CC(=O)N/N=C\[C@@H](C)c3ccccc3)[nH]c(=O)c2c1C. The first-order valence-electron chi connectivity index (χ1n) is 8.31. The monoisotopic (exact) mass is 368 g/mol. The van der Waals surface area contributed by atoms with Crippen LogP contribution in [0.25, 0.3) is 10.2 Å². The van der Waals surface area contributed by atoms with Crippen molar-refractivity contribution in [1.29, 1.82) is 0 Å². The van der Waals surface area contributed by atoms with E-state index < -0.39 is 0 Å². The number of aromatic nitrogens is 2. The van der Waals surface area contributed by atoms with E-state index in [9.17, 15) is 9.59 Å². The summed E-state index contributed by atoms with van der Waals surface area (Å²) >= 11 is 1.46. The summed E-state index contributed by atoms with van der Waals surface area (Å²) in [7, 11) is 0. The molecule has 0 aliphatic rings. The Morgan fingerprint density at radius 1 is 1.35 bits per heavy atom. The van der Waals surface area contributed by atoms with E-state index in [1.165, 1.54) is 11.3 Å². The Labute approximate surface area is 155 Å². The van der Waals surface area contributed by atoms with Crippen molar-refractivity contribution < 1.29 is 4.79 Å². The fourth-order valence-corrected chi connectivity index (χ4v) is 3.69. The lowest BCUT2D eigenvalue weighted by Gasteiger charge is -2.05. The zero-order valence-electron chi connectivity index (χ0n) is 14.9. The Bertz CT molecular complexity index is 1020. The number of rotatable bonds is 5. The van der Waals surface area contributed by atoms with Crippen molar-refractivity contribution in [2.75, 3.05) is 0 Å². The third-order valence-corrected chi connectivity index (χ3v) is 5.33. The minimum atomic E-state index is -0.325. The molecule has 134 valence electrons. The number of fused-ring (bicyclic) bond motifs is 1. The van der Waals surface area contributed by atoms with E-state index >= 15 is 0 Å². The first-order valence-corrected chi connectivity index (χ1v) is 9.13. The predicted molar refractivity (Wildman–Crippen MR) is 105 cm³/mol. The molecular weight excluding hydrogens is 348 g/mol. The van der Waals surface area contributed by atoms with Gasteiger partial charge in [0.2, 0.25) is 5.91 Å². The van der Waals surface area contributed by atoms with Gasteiger partial charge in [-0.15, -0.1) is 11.3 Å². The van der Waals surface area contributed by atoms with Crippen molar-refractivity contribution in [3.63, 3.8) is 0 Å². The van der Waals surface area contributed by atoms with E-state index in [2.05, 4.69) is 20.5 Å². The minimum absolute atomic E-state index is 0.0295. The summed E-state index contributed by atoms with van der Waals surface area (Å²) < 4.78 is 0. The van der Waals surface area contributed by atoms with Crippen LogP contribution < -0.4 is 11.0 Å². The van der Waals surface area contributed by atoms with Crippen LogP contribution in [0.3, 0.4) is 0 Å². The summed E-state index contributed by atoms with van der Waals surface area (Å²) in [5.74, 6) is 0.101. The minimum Gasteiger partial charge on any atom is -0.309 e. The maximum atomic E-state index is 12.2. The van der Waals surface area contributed by atoms with Gasteiger partial charge in [0.15, 0.2) is 0 Å². The van der Waals surface area contributed by atoms with Gasteiger partial charge >= 0.3 is 0 Å². The van der Waals surface area contributed by atoms with E-state index in [1.54, 1.807) is 6.21 Å². The number of hydrogen-bond acceptors (Lipinski definition) is 5. The molecule has 1 amide bonds. The average molecular weight is 368 g/mol. The van der Waals surface area contributed by atoms with Gasteiger partial charge < -0.3 is 4.98 Å². The maximum Gasteiger partial charge on any atom is 0.259 e. The highest BCUT2D eigenvalue weighted by Crippen LogP contribution is 2.25. The molecule has 0 radical (unpaired) electrons. The maximum absolute atomic E-state index is 12.2. The topological polar surface area (TPSA) is 87.2 Å². The molecule has 0 bridgehead atoms. The van der Waals surface area contributed by atoms with Crippen LogP contribution >= 0.6 is 11.3 Å². The van der Waals surface area contributed by atoms with Crippen LogP contribution in [0, 0.1) is 13.8 Å². The van der Waals surface area contributed by atoms with Crippen LogP contribution in [-0.2, 0) is 11.2 Å². The molecule has 2 heterocycles. The lowest BCUT2D eigenvalue weighted by atomic mass is 10.0. The summed E-state index contributed by atoms with van der Waals surface area (Å²) in [5, 5.41) is 4.61. The van der Waals surface area contributed by atoms with Crippen LogP contribution in [0.2, 0.25) is 0 Å². The standard InChI is InChI=1S/C19H20N4O2S/c1-11(14-7-5-4-6-8-14)10-20-23-16(24)9-15-21-18(25)17-12(2)13(3)26-19(17)22-15/h4-8,10-11H,9H2,1-3H3,(H,23,24)(H,21,22,25)/b20-10-/t11-/m1/s1. The van der Waals surface area contributed by atoms with Crippen LogP contribution in [0.4, 0.5) is 0 Å². The second kappa shape index (κ2) is 7.61. The summed E-state index contributed by atoms with van der Waals surface area (Å²) in [5.41, 5.74) is 4.34. The molecule has 0 aliphatic heterocycles. The summed E-state index contributed by atoms with van der Waals surface area (Å²) in [6.07, 6.45) is 1.65. The molecule has 3 aromatic rings. The largest absolute Gasteiger partial charge is 0.309 e. The second-order valence-corrected chi connectivity index (χ2v) is 7.37. The molecule has 2 N–H and O–H groups in total. The molecule has 3 rings (SSSR count). The van der Waals surface area contributed by atoms with Crippen molar-refractivity contribution >= 4 is 33.7 Å². The highest BCUT2D eigenvalue weighted by Gasteiger charge is 2.13. The molecule has 1 atom stereocenters. The van der Waals surface area contributed by atoms with Gasteiger partial charge in [-0.3, -0.25) is 9.59 Å². The van der Waals surface area contributed by atoms with E-state index in [-0.39, 0.29) is 23.8 Å². The Kier molecular flexibility index (Phi) is 5.27. The average Bonchev–Trinajstić information content (AvgIpc) is 2.90. The quantitative estimate of drug-likeness (QED) is 0.536. The van der Waals surface area contributed by atoms with Crippen LogP contribution in [0.1, 0.15) is 34.7 Å². The third kappa shape index (κ3) is 3.88. The van der Waals surface area contributed by atoms with E-state index in [1.807, 2.05) is 51.1 Å². The van der Waals surface area contributed by atoms with Gasteiger partial charge in [0.1, 0.15) is 10.7 Å². The molecule has 0 spiro atoms. The van der Waals surface area contributed by atoms with E-state index in [0.29, 0.717) is 16.0 Å². The van der Waals surface area contributed by atoms with Gasteiger partial charge in [-0.05, 0) is 25.0 Å². The third-order valence-electron chi connectivity index (χ3n) is 4.23. The van der Waals surface area contributed by atoms with Crippen molar-refractivity contribution in [2.24, 2.45) is 5.10 Å². The highest BCUT2D eigenvalue weighted by atomic mass is 32.1. The first kappa shape index (κ1) is 18.0. The number of carbonyl (C=O) groups excluding carboxylic acids is 1. The zero-order chi connectivity index (χ0) is 18.7. The molecular formula is C19H20N4O2S. The number of hydrazone groups is 1. The first-order chi connectivity index (χ1) is 12.5. The molecule has 0 unspecified atom stereocenters. The van der Waals surface area contributed by atoms with E-state index in [4.69, 9.17) is 0 Å². The fourth-order valence-electron chi connectivity index (χ4n) is 2.64. The van der Waals surface area contributed by atoms with Gasteiger partial charge in [0, 0.05) is 17.0 Å². The zero-order valence-corrected chi connectivity index (χ0v) is 15.7. The lowest BCUT2D eigenvalue weighted by Crippen LogP contribution is -2.23. The number of benzene rings is 1. The number of H-pyrrole nitrogens is 1. The second-order valence-electron chi connectivity index (χ2n) is 6.17. The highest BCUT2D eigenvalue weighted by molar-refractivity contribution is 7.18. The molecule has 0 saturated carbocycles.